The maximum Gasteiger partial charge on any atom is 0.224 e. The summed E-state index contributed by atoms with van der Waals surface area (Å²) >= 11 is 0. The largest absolute Gasteiger partial charge is 0.363 e. The maximum atomic E-state index is 4.51. The molecule has 5 heteroatoms. The Morgan fingerprint density at radius 1 is 1.32 bits per heavy atom. The molecule has 1 N–H and O–H groups in total. The molecule has 0 bridgehead atoms. The number of aromatic nitrogens is 2. The summed E-state index contributed by atoms with van der Waals surface area (Å²) < 4.78 is 0. The van der Waals surface area contributed by atoms with Crippen LogP contribution in [-0.2, 0) is 0 Å². The quantitative estimate of drug-likeness (QED) is 0.898. The van der Waals surface area contributed by atoms with Crippen molar-refractivity contribution in [3.05, 3.63) is 12.3 Å². The first-order chi connectivity index (χ1) is 9.06. The fraction of sp³-hybridized carbons (Fsp3) is 0.714. The zero-order valence-electron chi connectivity index (χ0n) is 12.4. The van der Waals surface area contributed by atoms with E-state index in [4.69, 9.17) is 0 Å². The van der Waals surface area contributed by atoms with Crippen LogP contribution in [0, 0.1) is 0 Å². The summed E-state index contributed by atoms with van der Waals surface area (Å²) in [5.74, 6) is 1.69. The van der Waals surface area contributed by atoms with E-state index in [0.717, 1.165) is 37.7 Å². The second kappa shape index (κ2) is 6.19. The van der Waals surface area contributed by atoms with E-state index in [1.165, 1.54) is 0 Å². The third kappa shape index (κ3) is 3.80. The first-order valence-corrected chi connectivity index (χ1v) is 7.07. The summed E-state index contributed by atoms with van der Waals surface area (Å²) in [4.78, 5) is 13.3. The van der Waals surface area contributed by atoms with E-state index < -0.39 is 0 Å². The fourth-order valence-electron chi connectivity index (χ4n) is 2.41. The zero-order valence-corrected chi connectivity index (χ0v) is 12.4. The van der Waals surface area contributed by atoms with E-state index in [0.29, 0.717) is 12.1 Å². The van der Waals surface area contributed by atoms with Gasteiger partial charge in [-0.1, -0.05) is 0 Å². The van der Waals surface area contributed by atoms with Gasteiger partial charge in [-0.05, 0) is 32.8 Å². The van der Waals surface area contributed by atoms with Gasteiger partial charge in [0.05, 0.1) is 0 Å². The number of hydrogen-bond acceptors (Lipinski definition) is 5. The third-order valence-electron chi connectivity index (χ3n) is 3.69. The van der Waals surface area contributed by atoms with Gasteiger partial charge in [0, 0.05) is 45.5 Å². The predicted molar refractivity (Wildman–Crippen MR) is 79.7 cm³/mol. The van der Waals surface area contributed by atoms with Crippen LogP contribution in [0.1, 0.15) is 26.7 Å². The van der Waals surface area contributed by atoms with Gasteiger partial charge in [-0.2, -0.15) is 4.98 Å². The maximum absolute atomic E-state index is 4.51. The van der Waals surface area contributed by atoms with Gasteiger partial charge in [-0.15, -0.1) is 0 Å². The monoisotopic (exact) mass is 263 g/mol. The number of nitrogens with one attached hydrogen (secondary N) is 1. The molecule has 19 heavy (non-hydrogen) atoms. The van der Waals surface area contributed by atoms with Crippen LogP contribution in [0.4, 0.5) is 11.8 Å². The van der Waals surface area contributed by atoms with Crippen LogP contribution in [-0.4, -0.2) is 54.1 Å². The lowest BCUT2D eigenvalue weighted by Crippen LogP contribution is -2.42. The molecule has 0 unspecified atom stereocenters. The molecule has 0 spiro atoms. The summed E-state index contributed by atoms with van der Waals surface area (Å²) in [6.45, 7) is 6.83. The van der Waals surface area contributed by atoms with E-state index in [9.17, 15) is 0 Å². The van der Waals surface area contributed by atoms with Gasteiger partial charge in [0.1, 0.15) is 5.82 Å². The average molecular weight is 263 g/mol. The molecule has 1 aliphatic rings. The second-order valence-corrected chi connectivity index (χ2v) is 5.68. The minimum atomic E-state index is 0.493. The van der Waals surface area contributed by atoms with Gasteiger partial charge < -0.3 is 15.1 Å². The van der Waals surface area contributed by atoms with Gasteiger partial charge in [0.15, 0.2) is 0 Å². The number of anilines is 2. The topological polar surface area (TPSA) is 44.3 Å². The molecular weight excluding hydrogens is 238 g/mol. The van der Waals surface area contributed by atoms with Crippen LogP contribution < -0.4 is 10.2 Å². The summed E-state index contributed by atoms with van der Waals surface area (Å²) in [6.07, 6.45) is 4.13. The van der Waals surface area contributed by atoms with E-state index >= 15 is 0 Å². The number of rotatable bonds is 4. The second-order valence-electron chi connectivity index (χ2n) is 5.68. The standard InChI is InChI=1S/C14H25N5/c1-11(2)19-9-6-12(7-10-19)16-14-15-8-5-13(17-14)18(3)4/h5,8,11-12H,6-7,9-10H2,1-4H3,(H,15,16,17). The van der Waals surface area contributed by atoms with Crippen LogP contribution >= 0.6 is 0 Å². The molecule has 1 aromatic rings. The normalized spacial score (nSPS) is 17.7. The summed E-state index contributed by atoms with van der Waals surface area (Å²) in [5, 5.41) is 3.46. The Bertz CT molecular complexity index is 397. The number of hydrogen-bond donors (Lipinski definition) is 1. The van der Waals surface area contributed by atoms with Gasteiger partial charge in [0.2, 0.25) is 5.95 Å². The lowest BCUT2D eigenvalue weighted by molar-refractivity contribution is 0.177. The number of likely N-dealkylation sites (tertiary alicyclic amines) is 1. The van der Waals surface area contributed by atoms with Crippen molar-refractivity contribution in [1.29, 1.82) is 0 Å². The third-order valence-corrected chi connectivity index (χ3v) is 3.69. The highest BCUT2D eigenvalue weighted by Crippen LogP contribution is 2.17. The Morgan fingerprint density at radius 2 is 2.00 bits per heavy atom. The Kier molecular flexibility index (Phi) is 4.58. The SMILES string of the molecule is CC(C)N1CCC(Nc2nccc(N(C)C)n2)CC1. The Labute approximate surface area is 116 Å². The van der Waals surface area contributed by atoms with Crippen molar-refractivity contribution in [2.45, 2.75) is 38.8 Å². The van der Waals surface area contributed by atoms with Crippen molar-refractivity contribution >= 4 is 11.8 Å². The highest BCUT2D eigenvalue weighted by atomic mass is 15.2. The van der Waals surface area contributed by atoms with Crippen molar-refractivity contribution in [1.82, 2.24) is 14.9 Å². The van der Waals surface area contributed by atoms with Crippen LogP contribution in [0.3, 0.4) is 0 Å². The lowest BCUT2D eigenvalue weighted by atomic mass is 10.0. The first kappa shape index (κ1) is 14.1. The van der Waals surface area contributed by atoms with Crippen LogP contribution in [0.15, 0.2) is 12.3 Å². The molecule has 0 amide bonds. The van der Waals surface area contributed by atoms with Crippen molar-refractivity contribution in [3.8, 4) is 0 Å². The van der Waals surface area contributed by atoms with E-state index in [-0.39, 0.29) is 0 Å². The average Bonchev–Trinajstić information content (AvgIpc) is 2.39. The molecule has 106 valence electrons. The molecule has 2 rings (SSSR count). The van der Waals surface area contributed by atoms with Crippen molar-refractivity contribution < 1.29 is 0 Å². The molecule has 1 aliphatic heterocycles. The molecule has 0 aromatic carbocycles. The van der Waals surface area contributed by atoms with Gasteiger partial charge >= 0.3 is 0 Å². The minimum absolute atomic E-state index is 0.493. The van der Waals surface area contributed by atoms with E-state index in [2.05, 4.69) is 34.0 Å². The Hall–Kier alpha value is -1.36. The lowest BCUT2D eigenvalue weighted by Gasteiger charge is -2.34. The molecule has 5 nitrogen and oxygen atoms in total. The summed E-state index contributed by atoms with van der Waals surface area (Å²) in [5.41, 5.74) is 0. The van der Waals surface area contributed by atoms with Crippen molar-refractivity contribution in [2.24, 2.45) is 0 Å². The highest BCUT2D eigenvalue weighted by Gasteiger charge is 2.21. The molecule has 0 saturated carbocycles. The van der Waals surface area contributed by atoms with Crippen LogP contribution in [0.25, 0.3) is 0 Å². The van der Waals surface area contributed by atoms with Crippen LogP contribution in [0.2, 0.25) is 0 Å². The molecule has 0 aliphatic carbocycles. The van der Waals surface area contributed by atoms with E-state index in [1.807, 2.05) is 31.3 Å². The van der Waals surface area contributed by atoms with Gasteiger partial charge in [0.25, 0.3) is 0 Å². The zero-order chi connectivity index (χ0) is 13.8. The van der Waals surface area contributed by atoms with Crippen molar-refractivity contribution in [3.63, 3.8) is 0 Å². The van der Waals surface area contributed by atoms with Crippen molar-refractivity contribution in [2.75, 3.05) is 37.4 Å². The number of nitrogens with zero attached hydrogens (tertiary/aromatic N) is 4. The fourth-order valence-corrected chi connectivity index (χ4v) is 2.41. The smallest absolute Gasteiger partial charge is 0.224 e. The minimum Gasteiger partial charge on any atom is -0.363 e. The highest BCUT2D eigenvalue weighted by molar-refractivity contribution is 5.41. The van der Waals surface area contributed by atoms with Gasteiger partial charge in [-0.25, -0.2) is 4.98 Å². The summed E-state index contributed by atoms with van der Waals surface area (Å²) in [7, 11) is 3.99. The van der Waals surface area contributed by atoms with Gasteiger partial charge in [-0.3, -0.25) is 0 Å². The molecule has 1 fully saturated rings. The summed E-state index contributed by atoms with van der Waals surface area (Å²) in [6, 6.07) is 3.06. The Balaban J connectivity index is 1.90. The first-order valence-electron chi connectivity index (χ1n) is 7.07. The molecule has 1 aromatic heterocycles. The molecule has 0 atom stereocenters. The van der Waals surface area contributed by atoms with Crippen LogP contribution in [0.5, 0.6) is 0 Å². The number of piperidine rings is 1. The predicted octanol–water partition coefficient (Wildman–Crippen LogP) is 1.83. The van der Waals surface area contributed by atoms with E-state index in [1.54, 1.807) is 0 Å². The molecule has 2 heterocycles. The molecular formula is C14H25N5. The molecule has 0 radical (unpaired) electrons. The molecule has 1 saturated heterocycles. The Morgan fingerprint density at radius 3 is 2.58 bits per heavy atom.